The van der Waals surface area contributed by atoms with E-state index in [9.17, 15) is 4.79 Å². The summed E-state index contributed by atoms with van der Waals surface area (Å²) in [5.74, 6) is 0.0136. The fraction of sp³-hybridized carbons (Fsp3) is 0.300. The number of hydrogen-bond acceptors (Lipinski definition) is 1. The van der Waals surface area contributed by atoms with Gasteiger partial charge in [-0.15, -0.1) is 0 Å². The van der Waals surface area contributed by atoms with E-state index in [4.69, 9.17) is 0 Å². The SMILES string of the molecule is Cc1c(I)cccc1C(C)C=O. The number of halogens is 1. The van der Waals surface area contributed by atoms with E-state index in [1.54, 1.807) is 0 Å². The number of rotatable bonds is 2. The van der Waals surface area contributed by atoms with Gasteiger partial charge in [0.05, 0.1) is 0 Å². The van der Waals surface area contributed by atoms with Crippen molar-refractivity contribution in [3.63, 3.8) is 0 Å². The number of carbonyl (C=O) groups excluding carboxylic acids is 1. The maximum Gasteiger partial charge on any atom is 0.127 e. The van der Waals surface area contributed by atoms with Gasteiger partial charge < -0.3 is 4.79 Å². The highest BCUT2D eigenvalue weighted by molar-refractivity contribution is 14.1. The Labute approximate surface area is 86.3 Å². The third-order valence-electron chi connectivity index (χ3n) is 2.00. The Hall–Kier alpha value is -0.380. The predicted octanol–water partition coefficient (Wildman–Crippen LogP) is 2.90. The van der Waals surface area contributed by atoms with Gasteiger partial charge in [-0.2, -0.15) is 0 Å². The van der Waals surface area contributed by atoms with Crippen molar-refractivity contribution in [3.05, 3.63) is 32.9 Å². The minimum atomic E-state index is 0.0136. The summed E-state index contributed by atoms with van der Waals surface area (Å²) in [5.41, 5.74) is 2.36. The van der Waals surface area contributed by atoms with E-state index in [1.807, 2.05) is 19.1 Å². The quantitative estimate of drug-likeness (QED) is 0.598. The van der Waals surface area contributed by atoms with E-state index in [2.05, 4.69) is 35.6 Å². The van der Waals surface area contributed by atoms with Gasteiger partial charge in [-0.25, -0.2) is 0 Å². The minimum Gasteiger partial charge on any atom is -0.303 e. The zero-order valence-corrected chi connectivity index (χ0v) is 9.33. The molecular formula is C10H11IO. The summed E-state index contributed by atoms with van der Waals surface area (Å²) >= 11 is 2.28. The van der Waals surface area contributed by atoms with E-state index in [0.717, 1.165) is 11.8 Å². The summed E-state index contributed by atoms with van der Waals surface area (Å²) < 4.78 is 1.22. The second-order valence-electron chi connectivity index (χ2n) is 2.88. The van der Waals surface area contributed by atoms with Crippen molar-refractivity contribution in [2.24, 2.45) is 0 Å². The van der Waals surface area contributed by atoms with Crippen molar-refractivity contribution in [3.8, 4) is 0 Å². The lowest BCUT2D eigenvalue weighted by Crippen LogP contribution is -1.98. The van der Waals surface area contributed by atoms with Crippen LogP contribution in [-0.2, 0) is 4.79 Å². The zero-order valence-electron chi connectivity index (χ0n) is 7.17. The van der Waals surface area contributed by atoms with Gasteiger partial charge in [0.25, 0.3) is 0 Å². The van der Waals surface area contributed by atoms with E-state index in [-0.39, 0.29) is 5.92 Å². The first kappa shape index (κ1) is 9.71. The van der Waals surface area contributed by atoms with Gasteiger partial charge in [0.15, 0.2) is 0 Å². The molecule has 1 unspecified atom stereocenters. The molecule has 1 rings (SSSR count). The van der Waals surface area contributed by atoms with E-state index in [1.165, 1.54) is 9.13 Å². The first-order valence-electron chi connectivity index (χ1n) is 3.87. The van der Waals surface area contributed by atoms with Crippen molar-refractivity contribution in [1.29, 1.82) is 0 Å². The van der Waals surface area contributed by atoms with Crippen molar-refractivity contribution >= 4 is 28.9 Å². The Morgan fingerprint density at radius 1 is 1.50 bits per heavy atom. The highest BCUT2D eigenvalue weighted by atomic mass is 127. The second-order valence-corrected chi connectivity index (χ2v) is 4.04. The molecule has 0 aromatic heterocycles. The Balaban J connectivity index is 3.15. The molecule has 2 heteroatoms. The molecule has 12 heavy (non-hydrogen) atoms. The topological polar surface area (TPSA) is 17.1 Å². The molecule has 1 atom stereocenters. The molecule has 1 aromatic carbocycles. The molecule has 0 bridgehead atoms. The standard InChI is InChI=1S/C10H11IO/c1-7(6-12)9-4-3-5-10(11)8(9)2/h3-7H,1-2H3. The number of carbonyl (C=O) groups is 1. The first-order chi connectivity index (χ1) is 5.66. The molecule has 0 amide bonds. The molecule has 0 spiro atoms. The van der Waals surface area contributed by atoms with Gasteiger partial charge in [-0.05, 0) is 46.7 Å². The van der Waals surface area contributed by atoms with Crippen LogP contribution in [0.4, 0.5) is 0 Å². The van der Waals surface area contributed by atoms with Crippen molar-refractivity contribution in [2.75, 3.05) is 0 Å². The maximum absolute atomic E-state index is 10.6. The number of aldehydes is 1. The van der Waals surface area contributed by atoms with Crippen molar-refractivity contribution < 1.29 is 4.79 Å². The minimum absolute atomic E-state index is 0.0136. The van der Waals surface area contributed by atoms with Gasteiger partial charge in [0.1, 0.15) is 6.29 Å². The zero-order chi connectivity index (χ0) is 9.14. The maximum atomic E-state index is 10.6. The summed E-state index contributed by atoms with van der Waals surface area (Å²) in [6.07, 6.45) is 0.985. The molecule has 0 N–H and O–H groups in total. The summed E-state index contributed by atoms with van der Waals surface area (Å²) in [5, 5.41) is 0. The summed E-state index contributed by atoms with van der Waals surface area (Å²) in [4.78, 5) is 10.6. The molecule has 0 aliphatic heterocycles. The molecule has 0 radical (unpaired) electrons. The Morgan fingerprint density at radius 2 is 2.17 bits per heavy atom. The van der Waals surface area contributed by atoms with E-state index >= 15 is 0 Å². The Kier molecular flexibility index (Phi) is 3.26. The summed E-state index contributed by atoms with van der Waals surface area (Å²) in [6, 6.07) is 6.05. The highest BCUT2D eigenvalue weighted by Crippen LogP contribution is 2.21. The molecule has 1 aromatic rings. The van der Waals surface area contributed by atoms with Crippen LogP contribution in [0.3, 0.4) is 0 Å². The number of hydrogen-bond donors (Lipinski definition) is 0. The molecule has 0 aliphatic carbocycles. The van der Waals surface area contributed by atoms with Crippen molar-refractivity contribution in [1.82, 2.24) is 0 Å². The van der Waals surface area contributed by atoms with Crippen LogP contribution < -0.4 is 0 Å². The molecular weight excluding hydrogens is 263 g/mol. The Morgan fingerprint density at radius 3 is 2.75 bits per heavy atom. The lowest BCUT2D eigenvalue weighted by molar-refractivity contribution is -0.108. The van der Waals surface area contributed by atoms with Crippen LogP contribution in [0.1, 0.15) is 24.0 Å². The highest BCUT2D eigenvalue weighted by Gasteiger charge is 2.07. The predicted molar refractivity (Wildman–Crippen MR) is 58.4 cm³/mol. The van der Waals surface area contributed by atoms with E-state index < -0.39 is 0 Å². The molecule has 0 fully saturated rings. The van der Waals surface area contributed by atoms with Crippen LogP contribution in [0, 0.1) is 10.5 Å². The van der Waals surface area contributed by atoms with Crippen LogP contribution in [0.2, 0.25) is 0 Å². The summed E-state index contributed by atoms with van der Waals surface area (Å²) in [7, 11) is 0. The van der Waals surface area contributed by atoms with Crippen molar-refractivity contribution in [2.45, 2.75) is 19.8 Å². The number of benzene rings is 1. The normalized spacial score (nSPS) is 12.6. The largest absolute Gasteiger partial charge is 0.303 e. The lowest BCUT2D eigenvalue weighted by Gasteiger charge is -2.09. The van der Waals surface area contributed by atoms with Crippen LogP contribution in [-0.4, -0.2) is 6.29 Å². The van der Waals surface area contributed by atoms with Gasteiger partial charge in [-0.1, -0.05) is 19.1 Å². The third kappa shape index (κ3) is 1.86. The van der Waals surface area contributed by atoms with E-state index in [0.29, 0.717) is 0 Å². The third-order valence-corrected chi connectivity index (χ3v) is 3.17. The van der Waals surface area contributed by atoms with Gasteiger partial charge in [0.2, 0.25) is 0 Å². The fourth-order valence-electron chi connectivity index (χ4n) is 1.19. The second kappa shape index (κ2) is 4.03. The fourth-order valence-corrected chi connectivity index (χ4v) is 1.71. The van der Waals surface area contributed by atoms with Gasteiger partial charge in [-0.3, -0.25) is 0 Å². The van der Waals surface area contributed by atoms with Crippen LogP contribution in [0.15, 0.2) is 18.2 Å². The molecule has 0 heterocycles. The average Bonchev–Trinajstić information content (AvgIpc) is 2.08. The average molecular weight is 274 g/mol. The first-order valence-corrected chi connectivity index (χ1v) is 4.95. The smallest absolute Gasteiger partial charge is 0.127 e. The summed E-state index contributed by atoms with van der Waals surface area (Å²) in [6.45, 7) is 3.97. The molecule has 0 saturated carbocycles. The van der Waals surface area contributed by atoms with Crippen LogP contribution in [0.25, 0.3) is 0 Å². The molecule has 0 aliphatic rings. The van der Waals surface area contributed by atoms with Crippen LogP contribution in [0.5, 0.6) is 0 Å². The van der Waals surface area contributed by atoms with Gasteiger partial charge >= 0.3 is 0 Å². The molecule has 0 saturated heterocycles. The monoisotopic (exact) mass is 274 g/mol. The van der Waals surface area contributed by atoms with Crippen LogP contribution >= 0.6 is 22.6 Å². The van der Waals surface area contributed by atoms with Gasteiger partial charge in [0, 0.05) is 9.49 Å². The lowest BCUT2D eigenvalue weighted by atomic mass is 9.98. The molecule has 64 valence electrons. The Bertz CT molecular complexity index is 294. The molecule has 1 nitrogen and oxygen atoms in total.